The molecule has 2 bridgehead atoms. The molecule has 11 nitrogen and oxygen atoms in total. The Morgan fingerprint density at radius 3 is 2.35 bits per heavy atom. The van der Waals surface area contributed by atoms with Gasteiger partial charge in [-0.3, -0.25) is 14.4 Å². The molecule has 40 heavy (non-hydrogen) atoms. The summed E-state index contributed by atoms with van der Waals surface area (Å²) in [4.78, 5) is 50.6. The molecule has 220 valence electrons. The quantitative estimate of drug-likeness (QED) is 0.346. The molecule has 0 fully saturated rings. The number of hydrogen-bond donors (Lipinski definition) is 3. The highest BCUT2D eigenvalue weighted by atomic mass is 16.6. The molecule has 4 N–H and O–H groups in total. The summed E-state index contributed by atoms with van der Waals surface area (Å²) < 4.78 is 21.7. The maximum absolute atomic E-state index is 13.3. The Balaban J connectivity index is 2.60. The molecule has 0 saturated carbocycles. The number of fused-ring (bicyclic) bond motifs is 2. The van der Waals surface area contributed by atoms with Gasteiger partial charge in [-0.05, 0) is 38.2 Å². The normalized spacial score (nSPS) is 32.7. The van der Waals surface area contributed by atoms with Gasteiger partial charge in [-0.25, -0.2) is 4.79 Å². The number of carbonyl (C=O) groups excluding carboxylic acids is 4. The smallest absolute Gasteiger partial charge is 0.405 e. The fourth-order valence-corrected chi connectivity index (χ4v) is 4.78. The lowest BCUT2D eigenvalue weighted by atomic mass is 9.85. The van der Waals surface area contributed by atoms with E-state index < -0.39 is 53.9 Å². The van der Waals surface area contributed by atoms with E-state index in [1.807, 2.05) is 6.92 Å². The predicted molar refractivity (Wildman–Crippen MR) is 147 cm³/mol. The average molecular weight is 561 g/mol. The lowest BCUT2D eigenvalue weighted by Gasteiger charge is -2.29. The topological polar surface area (TPSA) is 163 Å². The van der Waals surface area contributed by atoms with E-state index in [4.69, 9.17) is 24.7 Å². The lowest BCUT2D eigenvalue weighted by Crippen LogP contribution is -2.37. The number of amides is 2. The van der Waals surface area contributed by atoms with Crippen LogP contribution >= 0.6 is 0 Å². The van der Waals surface area contributed by atoms with Crippen LogP contribution in [0, 0.1) is 11.8 Å². The van der Waals surface area contributed by atoms with Crippen molar-refractivity contribution in [3.63, 3.8) is 0 Å². The second kappa shape index (κ2) is 14.7. The largest absolute Gasteiger partial charge is 0.492 e. The summed E-state index contributed by atoms with van der Waals surface area (Å²) in [5.41, 5.74) is 6.12. The van der Waals surface area contributed by atoms with Crippen LogP contribution in [0.4, 0.5) is 4.79 Å². The minimum absolute atomic E-state index is 0.0801. The zero-order valence-corrected chi connectivity index (χ0v) is 24.1. The number of aliphatic hydroxyl groups excluding tert-OH is 1. The molecule has 2 aliphatic rings. The summed E-state index contributed by atoms with van der Waals surface area (Å²) in [6, 6.07) is 0. The number of allylic oxidation sites excluding steroid dienone is 4. The highest BCUT2D eigenvalue weighted by Gasteiger charge is 2.34. The first-order valence-corrected chi connectivity index (χ1v) is 13.0. The first-order valence-electron chi connectivity index (χ1n) is 13.0. The summed E-state index contributed by atoms with van der Waals surface area (Å²) in [7, 11) is 4.21. The average Bonchev–Trinajstić information content (AvgIpc) is 2.90. The van der Waals surface area contributed by atoms with Gasteiger partial charge in [0.25, 0.3) is 5.91 Å². The van der Waals surface area contributed by atoms with Gasteiger partial charge in [-0.2, -0.15) is 0 Å². The van der Waals surface area contributed by atoms with Crippen molar-refractivity contribution in [3.8, 4) is 0 Å². The van der Waals surface area contributed by atoms with Gasteiger partial charge in [0.1, 0.15) is 6.10 Å². The van der Waals surface area contributed by atoms with Gasteiger partial charge in [0.05, 0.1) is 25.0 Å². The highest BCUT2D eigenvalue weighted by molar-refractivity contribution is 6.23. The van der Waals surface area contributed by atoms with E-state index >= 15 is 0 Å². The van der Waals surface area contributed by atoms with Gasteiger partial charge in [0, 0.05) is 37.4 Å². The van der Waals surface area contributed by atoms with Crippen LogP contribution in [0.5, 0.6) is 0 Å². The number of hydrogen-bond acceptors (Lipinski definition) is 9. The summed E-state index contributed by atoms with van der Waals surface area (Å²) in [6.45, 7) is 6.92. The van der Waals surface area contributed by atoms with E-state index in [-0.39, 0.29) is 34.9 Å². The molecule has 1 aliphatic heterocycles. The molecular formula is C29H40N2O9. The van der Waals surface area contributed by atoms with Gasteiger partial charge < -0.3 is 35.1 Å². The molecule has 2 rings (SSSR count). The Morgan fingerprint density at radius 2 is 1.77 bits per heavy atom. The molecule has 0 spiro atoms. The number of rotatable bonds is 4. The Hall–Kier alpha value is -3.54. The van der Waals surface area contributed by atoms with Crippen molar-refractivity contribution in [2.75, 3.05) is 21.3 Å². The third kappa shape index (κ3) is 8.23. The maximum Gasteiger partial charge on any atom is 0.405 e. The highest BCUT2D eigenvalue weighted by Crippen LogP contribution is 2.29. The van der Waals surface area contributed by atoms with Crippen molar-refractivity contribution in [1.82, 2.24) is 5.32 Å². The Kier molecular flexibility index (Phi) is 12.0. The molecule has 0 radical (unpaired) electrons. The number of nitrogens with one attached hydrogen (secondary N) is 1. The fourth-order valence-electron chi connectivity index (χ4n) is 4.78. The molecule has 1 heterocycles. The fraction of sp³-hybridized carbons (Fsp3) is 0.517. The molecule has 1 aliphatic carbocycles. The summed E-state index contributed by atoms with van der Waals surface area (Å²) in [5.74, 6) is -2.39. The minimum Gasteiger partial charge on any atom is -0.492 e. The van der Waals surface area contributed by atoms with Crippen LogP contribution in [-0.4, -0.2) is 74.4 Å². The second-order valence-electron chi connectivity index (χ2n) is 10.1. The van der Waals surface area contributed by atoms with Gasteiger partial charge >= 0.3 is 6.09 Å². The molecule has 0 unspecified atom stereocenters. The molecule has 6 atom stereocenters. The van der Waals surface area contributed by atoms with Crippen LogP contribution in [0.15, 0.2) is 58.6 Å². The number of Topliss-reactive ketones (excluding diaryl/α,β-unsaturated/α-hetero) is 1. The number of carbonyl (C=O) groups is 4. The third-order valence-electron chi connectivity index (χ3n) is 6.95. The van der Waals surface area contributed by atoms with Crippen LogP contribution in [-0.2, 0) is 33.3 Å². The van der Waals surface area contributed by atoms with Crippen molar-refractivity contribution in [2.24, 2.45) is 17.6 Å². The van der Waals surface area contributed by atoms with Crippen LogP contribution in [0.2, 0.25) is 0 Å². The predicted octanol–water partition coefficient (Wildman–Crippen LogP) is 2.41. The van der Waals surface area contributed by atoms with Crippen molar-refractivity contribution in [3.05, 3.63) is 58.6 Å². The first-order chi connectivity index (χ1) is 18.8. The second-order valence-corrected chi connectivity index (χ2v) is 10.1. The van der Waals surface area contributed by atoms with E-state index in [0.717, 1.165) is 6.08 Å². The van der Waals surface area contributed by atoms with E-state index in [0.29, 0.717) is 12.0 Å². The SMILES string of the molecule is COC1=C2C[C@@H](C)C[C@@H](OC)[C@H](O)[C@H](C)/C=C(/C)[C@@H](OC(N)=O)[C@@H](OC)/C=C/C=C(/C)C(=O)NC(=CC1=O)C2=O. The summed E-state index contributed by atoms with van der Waals surface area (Å²) in [5, 5.41) is 13.7. The van der Waals surface area contributed by atoms with Crippen LogP contribution < -0.4 is 11.1 Å². The van der Waals surface area contributed by atoms with Crippen molar-refractivity contribution in [2.45, 2.75) is 65.0 Å². The zero-order valence-electron chi connectivity index (χ0n) is 24.1. The van der Waals surface area contributed by atoms with Crippen molar-refractivity contribution in [1.29, 1.82) is 0 Å². The van der Waals surface area contributed by atoms with Crippen molar-refractivity contribution >= 4 is 23.6 Å². The number of ketones is 2. The molecule has 0 aromatic rings. The standard InChI is InChI=1S/C29H40N2O9/c1-15-11-19-25(34)20(14-21(32)27(19)39-7)31-28(35)16(2)9-8-10-22(37-5)26(40-29(30)36)18(4)13-17(3)24(33)23(12-15)38-6/h8-10,13-15,17,22-24,26,33H,11-12H2,1-7H3,(H2,30,36)(H,31,35)/b10-8+,16-9-,18-13-/t15-,17-,22+,23-,24-,26-/m1/s1. The van der Waals surface area contributed by atoms with Crippen LogP contribution in [0.25, 0.3) is 0 Å². The van der Waals surface area contributed by atoms with Crippen molar-refractivity contribution < 1.29 is 43.2 Å². The molecule has 11 heteroatoms. The minimum atomic E-state index is -1.00. The Bertz CT molecular complexity index is 1150. The number of aliphatic hydroxyl groups is 1. The Morgan fingerprint density at radius 1 is 1.10 bits per heavy atom. The van der Waals surface area contributed by atoms with Crippen LogP contribution in [0.3, 0.4) is 0 Å². The Labute approximate surface area is 234 Å². The van der Waals surface area contributed by atoms with E-state index in [2.05, 4.69) is 5.32 Å². The first kappa shape index (κ1) is 32.7. The third-order valence-corrected chi connectivity index (χ3v) is 6.95. The number of primary amides is 1. The lowest BCUT2D eigenvalue weighted by molar-refractivity contribution is -0.120. The van der Waals surface area contributed by atoms with Gasteiger partial charge in [0.2, 0.25) is 11.6 Å². The van der Waals surface area contributed by atoms with E-state index in [1.165, 1.54) is 34.3 Å². The molecular weight excluding hydrogens is 520 g/mol. The van der Waals surface area contributed by atoms with Crippen LogP contribution in [0.1, 0.15) is 40.5 Å². The number of ether oxygens (including phenoxy) is 4. The number of nitrogens with two attached hydrogens (primary N) is 1. The van der Waals surface area contributed by atoms with Gasteiger partial charge in [-0.1, -0.05) is 38.2 Å². The van der Waals surface area contributed by atoms with E-state index in [1.54, 1.807) is 32.1 Å². The summed E-state index contributed by atoms with van der Waals surface area (Å²) in [6.07, 6.45) is 3.61. The zero-order chi connectivity index (χ0) is 30.1. The molecule has 2 amide bonds. The number of methoxy groups -OCH3 is 3. The molecule has 0 saturated heterocycles. The van der Waals surface area contributed by atoms with Gasteiger partial charge in [0.15, 0.2) is 11.9 Å². The summed E-state index contributed by atoms with van der Waals surface area (Å²) >= 11 is 0. The van der Waals surface area contributed by atoms with Gasteiger partial charge in [-0.15, -0.1) is 0 Å². The monoisotopic (exact) mass is 560 g/mol. The molecule has 0 aromatic carbocycles. The van der Waals surface area contributed by atoms with E-state index in [9.17, 15) is 24.3 Å². The maximum atomic E-state index is 13.3. The molecule has 0 aromatic heterocycles.